The van der Waals surface area contributed by atoms with Gasteiger partial charge >= 0.3 is 0 Å². The Morgan fingerprint density at radius 1 is 0.860 bits per heavy atom. The molecule has 302 valence electrons. The van der Waals surface area contributed by atoms with Crippen molar-refractivity contribution < 1.29 is 47.7 Å². The highest BCUT2D eigenvalue weighted by Gasteiger charge is 2.32. The zero-order chi connectivity index (χ0) is 41.1. The maximum Gasteiger partial charge on any atom is 0.254 e. The number of carbonyl (C=O) groups excluding carboxylic acids is 5. The van der Waals surface area contributed by atoms with Crippen molar-refractivity contribution in [2.75, 3.05) is 33.9 Å². The Morgan fingerprint density at radius 2 is 1.60 bits per heavy atom. The summed E-state index contributed by atoms with van der Waals surface area (Å²) in [6.07, 6.45) is 2.33. The Hall–Kier alpha value is -6.42. The molecule has 5 N–H and O–H groups in total. The number of nitrogens with zero attached hydrogens (tertiary/aromatic N) is 2. The first-order valence-electron chi connectivity index (χ1n) is 18.5. The Morgan fingerprint density at radius 3 is 2.26 bits per heavy atom. The number of methoxy groups -OCH3 is 2. The van der Waals surface area contributed by atoms with E-state index in [2.05, 4.69) is 26.3 Å². The van der Waals surface area contributed by atoms with E-state index in [1.807, 2.05) is 0 Å². The third kappa shape index (κ3) is 10.7. The Labute approximate surface area is 330 Å². The number of amides is 5. The molecule has 2 bridgehead atoms. The number of aliphatic hydroxyl groups excluding tert-OH is 1. The van der Waals surface area contributed by atoms with Crippen molar-refractivity contribution >= 4 is 29.5 Å². The van der Waals surface area contributed by atoms with Crippen molar-refractivity contribution in [3.63, 3.8) is 0 Å². The number of hydrogen-bond acceptors (Lipinski definition) is 11. The van der Waals surface area contributed by atoms with Gasteiger partial charge < -0.3 is 49.9 Å². The molecule has 3 atom stereocenters. The summed E-state index contributed by atoms with van der Waals surface area (Å²) >= 11 is 0. The zero-order valence-corrected chi connectivity index (χ0v) is 32.5. The predicted molar refractivity (Wildman–Crippen MR) is 208 cm³/mol. The highest BCUT2D eigenvalue weighted by molar-refractivity contribution is 5.98. The highest BCUT2D eigenvalue weighted by Crippen LogP contribution is 2.37. The second-order valence-corrected chi connectivity index (χ2v) is 13.8. The molecule has 5 amide bonds. The lowest BCUT2D eigenvalue weighted by Gasteiger charge is -2.28. The lowest BCUT2D eigenvalue weighted by Crippen LogP contribution is -2.59. The maximum absolute atomic E-state index is 13.8. The number of aliphatic hydroxyl groups is 1. The fourth-order valence-electron chi connectivity index (χ4n) is 6.19. The third-order valence-electron chi connectivity index (χ3n) is 9.33. The molecular formula is C41H48N6O10. The monoisotopic (exact) mass is 784 g/mol. The number of oxazole rings is 1. The smallest absolute Gasteiger partial charge is 0.254 e. The van der Waals surface area contributed by atoms with Gasteiger partial charge in [0.15, 0.2) is 23.7 Å². The summed E-state index contributed by atoms with van der Waals surface area (Å²) in [4.78, 5) is 73.2. The van der Waals surface area contributed by atoms with Gasteiger partial charge in [0, 0.05) is 29.8 Å². The minimum absolute atomic E-state index is 0.0804. The van der Waals surface area contributed by atoms with Crippen LogP contribution in [0.5, 0.6) is 23.0 Å². The molecule has 0 spiro atoms. The summed E-state index contributed by atoms with van der Waals surface area (Å²) in [7, 11) is 2.95. The quantitative estimate of drug-likeness (QED) is 0.191. The van der Waals surface area contributed by atoms with Gasteiger partial charge in [0.1, 0.15) is 23.6 Å². The summed E-state index contributed by atoms with van der Waals surface area (Å²) in [5, 5.41) is 21.6. The van der Waals surface area contributed by atoms with Crippen LogP contribution in [0.15, 0.2) is 77.7 Å². The summed E-state index contributed by atoms with van der Waals surface area (Å²) in [6.45, 7) is 4.66. The van der Waals surface area contributed by atoms with Gasteiger partial charge in [0.05, 0.1) is 45.2 Å². The van der Waals surface area contributed by atoms with E-state index < -0.39 is 54.3 Å². The fourth-order valence-corrected chi connectivity index (χ4v) is 6.19. The van der Waals surface area contributed by atoms with Crippen LogP contribution in [0.1, 0.15) is 59.9 Å². The van der Waals surface area contributed by atoms with Gasteiger partial charge in [-0.2, -0.15) is 0 Å². The Kier molecular flexibility index (Phi) is 14.2. The second kappa shape index (κ2) is 19.4. The molecule has 1 aliphatic rings. The number of fused-ring (bicyclic) bond motifs is 3. The van der Waals surface area contributed by atoms with E-state index in [0.29, 0.717) is 58.1 Å². The molecule has 0 radical (unpaired) electrons. The molecule has 1 aromatic heterocycles. The van der Waals surface area contributed by atoms with Crippen molar-refractivity contribution in [2.24, 2.45) is 5.92 Å². The SMILES string of the molecule is COc1ccc2cc1Oc1cccc(OC)c1CNC(=O)[C@@H](C(C)C)NC(=O)[C@H]([C@@H](C)O)NC(=O)CN(C(=O)c1ccc(-c3cnco3)cc1)CCCCNC2=O. The average Bonchev–Trinajstić information content (AvgIpc) is 3.75. The van der Waals surface area contributed by atoms with Gasteiger partial charge in [-0.15, -0.1) is 0 Å². The molecule has 57 heavy (non-hydrogen) atoms. The molecule has 1 aliphatic heterocycles. The molecular weight excluding hydrogens is 736 g/mol. The fraction of sp³-hybridized carbons (Fsp3) is 0.366. The van der Waals surface area contributed by atoms with Crippen molar-refractivity contribution in [3.8, 4) is 34.3 Å². The van der Waals surface area contributed by atoms with Crippen molar-refractivity contribution in [3.05, 3.63) is 89.9 Å². The van der Waals surface area contributed by atoms with Crippen LogP contribution in [0.4, 0.5) is 0 Å². The van der Waals surface area contributed by atoms with Crippen LogP contribution >= 0.6 is 0 Å². The van der Waals surface area contributed by atoms with Gasteiger partial charge in [-0.3, -0.25) is 24.0 Å². The average molecular weight is 785 g/mol. The number of carbonyl (C=O) groups is 5. The molecule has 0 unspecified atom stereocenters. The van der Waals surface area contributed by atoms with Gasteiger partial charge in [-0.05, 0) is 68.1 Å². The molecule has 2 heterocycles. The minimum atomic E-state index is -1.46. The first-order chi connectivity index (χ1) is 27.4. The van der Waals surface area contributed by atoms with Gasteiger partial charge in [0.25, 0.3) is 11.8 Å². The minimum Gasteiger partial charge on any atom is -0.496 e. The maximum atomic E-state index is 13.8. The molecule has 0 fully saturated rings. The van der Waals surface area contributed by atoms with Crippen molar-refractivity contribution in [2.45, 2.75) is 58.3 Å². The van der Waals surface area contributed by atoms with E-state index in [9.17, 15) is 29.1 Å². The number of hydrogen-bond donors (Lipinski definition) is 5. The predicted octanol–water partition coefficient (Wildman–Crippen LogP) is 3.44. The van der Waals surface area contributed by atoms with E-state index in [-0.39, 0.29) is 31.3 Å². The van der Waals surface area contributed by atoms with Crippen LogP contribution in [-0.2, 0) is 20.9 Å². The van der Waals surface area contributed by atoms with E-state index in [4.69, 9.17) is 18.6 Å². The largest absolute Gasteiger partial charge is 0.496 e. The van der Waals surface area contributed by atoms with E-state index >= 15 is 0 Å². The standard InChI is InChI=1S/C41H48N6O10/c1-24(2)36-39(51)44-20-29-30(54-4)9-8-10-31(29)57-33-19-28(15-16-32(33)55-5)38(50)43-17-6-7-18-47(22-35(49)45-37(25(3)48)40(52)46-36)41(53)27-13-11-26(12-14-27)34-21-42-23-56-34/h8-16,19,21,23-25,36-37,48H,6-7,17-18,20,22H2,1-5H3,(H,43,50)(H,44,51)(H,45,49)(H,46,52)/t25-,36-,37+/m1/s1. The highest BCUT2D eigenvalue weighted by atomic mass is 16.5. The van der Waals surface area contributed by atoms with Crippen LogP contribution in [0.2, 0.25) is 0 Å². The number of nitrogens with one attached hydrogen (secondary N) is 4. The normalized spacial score (nSPS) is 18.2. The number of ether oxygens (including phenoxy) is 3. The topological polar surface area (TPSA) is 211 Å². The van der Waals surface area contributed by atoms with Crippen LogP contribution in [-0.4, -0.2) is 96.6 Å². The molecule has 0 aliphatic carbocycles. The molecule has 3 aromatic carbocycles. The van der Waals surface area contributed by atoms with E-state index in [1.54, 1.807) is 80.7 Å². The molecule has 16 nitrogen and oxygen atoms in total. The molecule has 5 rings (SSSR count). The lowest BCUT2D eigenvalue weighted by atomic mass is 10.0. The summed E-state index contributed by atoms with van der Waals surface area (Å²) in [5.74, 6) is -1.47. The second-order valence-electron chi connectivity index (χ2n) is 13.8. The van der Waals surface area contributed by atoms with Crippen LogP contribution in [0.3, 0.4) is 0 Å². The number of aromatic nitrogens is 1. The van der Waals surface area contributed by atoms with Crippen LogP contribution in [0, 0.1) is 5.92 Å². The summed E-state index contributed by atoms with van der Waals surface area (Å²) in [5.41, 5.74) is 1.76. The van der Waals surface area contributed by atoms with Crippen LogP contribution in [0.25, 0.3) is 11.3 Å². The number of benzene rings is 3. The van der Waals surface area contributed by atoms with Crippen LogP contribution < -0.4 is 35.5 Å². The van der Waals surface area contributed by atoms with Gasteiger partial charge in [0.2, 0.25) is 17.7 Å². The molecule has 16 heteroatoms. The lowest BCUT2D eigenvalue weighted by molar-refractivity contribution is -0.135. The first kappa shape index (κ1) is 41.7. The van der Waals surface area contributed by atoms with Gasteiger partial charge in [-0.1, -0.05) is 32.0 Å². The first-order valence-corrected chi connectivity index (χ1v) is 18.5. The van der Waals surface area contributed by atoms with Crippen molar-refractivity contribution in [1.29, 1.82) is 0 Å². The van der Waals surface area contributed by atoms with E-state index in [1.165, 1.54) is 32.4 Å². The Bertz CT molecular complexity index is 2030. The number of rotatable bonds is 6. The Balaban J connectivity index is 1.44. The zero-order valence-electron chi connectivity index (χ0n) is 32.5. The third-order valence-corrected chi connectivity index (χ3v) is 9.33. The molecule has 0 saturated heterocycles. The molecule has 4 aromatic rings. The van der Waals surface area contributed by atoms with E-state index in [0.717, 1.165) is 0 Å². The molecule has 0 saturated carbocycles. The van der Waals surface area contributed by atoms with Gasteiger partial charge in [-0.25, -0.2) is 4.98 Å². The summed E-state index contributed by atoms with van der Waals surface area (Å²) < 4.78 is 22.7. The van der Waals surface area contributed by atoms with Crippen molar-refractivity contribution in [1.82, 2.24) is 31.2 Å². The summed E-state index contributed by atoms with van der Waals surface area (Å²) in [6, 6.07) is 13.9.